The predicted octanol–water partition coefficient (Wildman–Crippen LogP) is 3.71. The van der Waals surface area contributed by atoms with Crippen LogP contribution >= 0.6 is 0 Å². The molecule has 1 atom stereocenters. The first kappa shape index (κ1) is 18.2. The molecule has 138 valence electrons. The van der Waals surface area contributed by atoms with Gasteiger partial charge in [-0.1, -0.05) is 32.0 Å². The maximum Gasteiger partial charge on any atom is 0.268 e. The largest absolute Gasteiger partial charge is 0.380 e. The lowest BCUT2D eigenvalue weighted by atomic mass is 9.94. The van der Waals surface area contributed by atoms with Gasteiger partial charge in [0.2, 0.25) is 0 Å². The average Bonchev–Trinajstić information content (AvgIpc) is 2.97. The molecule has 5 heteroatoms. The molecule has 0 fully saturated rings. The minimum Gasteiger partial charge on any atom is -0.380 e. The van der Waals surface area contributed by atoms with Gasteiger partial charge >= 0.3 is 0 Å². The van der Waals surface area contributed by atoms with Gasteiger partial charge in [-0.3, -0.25) is 9.59 Å². The molecule has 0 bridgehead atoms. The zero-order valence-corrected chi connectivity index (χ0v) is 15.7. The van der Waals surface area contributed by atoms with Gasteiger partial charge in [0, 0.05) is 36.0 Å². The maximum absolute atomic E-state index is 12.7. The molecule has 1 unspecified atom stereocenters. The Kier molecular flexibility index (Phi) is 5.45. The third kappa shape index (κ3) is 3.82. The van der Waals surface area contributed by atoms with Gasteiger partial charge in [0.1, 0.15) is 5.69 Å². The number of aromatic amines is 1. The van der Waals surface area contributed by atoms with Gasteiger partial charge < -0.3 is 15.6 Å². The number of carbonyl (C=O) groups excluding carboxylic acids is 2. The smallest absolute Gasteiger partial charge is 0.268 e. The van der Waals surface area contributed by atoms with Crippen LogP contribution in [-0.4, -0.2) is 29.3 Å². The molecule has 1 amide bonds. The van der Waals surface area contributed by atoms with Crippen molar-refractivity contribution >= 4 is 17.4 Å². The maximum atomic E-state index is 12.7. The second-order valence-corrected chi connectivity index (χ2v) is 7.33. The van der Waals surface area contributed by atoms with Crippen molar-refractivity contribution < 1.29 is 9.59 Å². The number of para-hydroxylation sites is 1. The van der Waals surface area contributed by atoms with Gasteiger partial charge in [-0.2, -0.15) is 0 Å². The molecule has 1 aliphatic rings. The number of anilines is 1. The van der Waals surface area contributed by atoms with E-state index in [1.165, 1.54) is 0 Å². The van der Waals surface area contributed by atoms with E-state index in [-0.39, 0.29) is 17.7 Å². The van der Waals surface area contributed by atoms with E-state index in [9.17, 15) is 9.59 Å². The van der Waals surface area contributed by atoms with Gasteiger partial charge in [-0.05, 0) is 43.4 Å². The number of hydrogen-bond donors (Lipinski definition) is 3. The molecule has 1 heterocycles. The highest BCUT2D eigenvalue weighted by Crippen LogP contribution is 2.26. The van der Waals surface area contributed by atoms with Crippen LogP contribution in [0.2, 0.25) is 0 Å². The summed E-state index contributed by atoms with van der Waals surface area (Å²) in [4.78, 5) is 28.0. The highest BCUT2D eigenvalue weighted by molar-refractivity contribution is 6.04. The van der Waals surface area contributed by atoms with Crippen molar-refractivity contribution in [2.45, 2.75) is 46.1 Å². The molecule has 1 aromatic carbocycles. The minimum atomic E-state index is -0.148. The minimum absolute atomic E-state index is 0.118. The Balaban J connectivity index is 1.68. The summed E-state index contributed by atoms with van der Waals surface area (Å²) in [7, 11) is 0. The first-order valence-corrected chi connectivity index (χ1v) is 9.31. The van der Waals surface area contributed by atoms with Crippen LogP contribution in [0.4, 0.5) is 5.69 Å². The van der Waals surface area contributed by atoms with Crippen LogP contribution in [0.15, 0.2) is 30.3 Å². The zero-order chi connectivity index (χ0) is 18.7. The molecular formula is C21H27N3O2. The van der Waals surface area contributed by atoms with Gasteiger partial charge in [0.15, 0.2) is 5.78 Å². The first-order chi connectivity index (χ1) is 12.5. The molecule has 1 aromatic heterocycles. The van der Waals surface area contributed by atoms with Crippen LogP contribution in [0, 0.1) is 12.8 Å². The Morgan fingerprint density at radius 1 is 1.19 bits per heavy atom. The lowest BCUT2D eigenvalue weighted by Crippen LogP contribution is -2.40. The average molecular weight is 353 g/mol. The van der Waals surface area contributed by atoms with Crippen LogP contribution in [0.1, 0.15) is 58.8 Å². The summed E-state index contributed by atoms with van der Waals surface area (Å²) in [5.41, 5.74) is 3.97. The van der Waals surface area contributed by atoms with Crippen LogP contribution in [0.3, 0.4) is 0 Å². The lowest BCUT2D eigenvalue weighted by molar-refractivity contribution is 0.0944. The van der Waals surface area contributed by atoms with Gasteiger partial charge in [0.05, 0.1) is 0 Å². The molecule has 0 aliphatic heterocycles. The van der Waals surface area contributed by atoms with E-state index < -0.39 is 0 Å². The summed E-state index contributed by atoms with van der Waals surface area (Å²) in [6.07, 6.45) is 2.26. The fourth-order valence-corrected chi connectivity index (χ4v) is 3.49. The number of benzene rings is 1. The van der Waals surface area contributed by atoms with Crippen LogP contribution in [-0.2, 0) is 6.42 Å². The van der Waals surface area contributed by atoms with Gasteiger partial charge in [-0.25, -0.2) is 0 Å². The molecule has 26 heavy (non-hydrogen) atoms. The molecule has 0 radical (unpaired) electrons. The number of rotatable bonds is 6. The first-order valence-electron chi connectivity index (χ1n) is 9.31. The van der Waals surface area contributed by atoms with E-state index in [2.05, 4.69) is 29.5 Å². The van der Waals surface area contributed by atoms with E-state index in [1.807, 2.05) is 37.3 Å². The van der Waals surface area contributed by atoms with E-state index in [0.29, 0.717) is 24.6 Å². The summed E-state index contributed by atoms with van der Waals surface area (Å²) >= 11 is 0. The van der Waals surface area contributed by atoms with E-state index in [4.69, 9.17) is 0 Å². The van der Waals surface area contributed by atoms with Crippen molar-refractivity contribution in [1.29, 1.82) is 0 Å². The van der Waals surface area contributed by atoms with Gasteiger partial charge in [0.25, 0.3) is 5.91 Å². The monoisotopic (exact) mass is 353 g/mol. The number of hydrogen-bond acceptors (Lipinski definition) is 3. The highest BCUT2D eigenvalue weighted by Gasteiger charge is 2.26. The van der Waals surface area contributed by atoms with Crippen molar-refractivity contribution in [2.24, 2.45) is 5.92 Å². The van der Waals surface area contributed by atoms with Crippen LogP contribution in [0.5, 0.6) is 0 Å². The molecule has 3 rings (SSSR count). The SMILES string of the molecule is Cc1c(C(=O)NCC(Nc2ccccc2)C(C)C)[nH]c2c1C(=O)CCC2. The summed E-state index contributed by atoms with van der Waals surface area (Å²) in [6, 6.07) is 10.1. The Hall–Kier alpha value is -2.56. The molecule has 0 spiro atoms. The second kappa shape index (κ2) is 7.77. The third-order valence-electron chi connectivity index (χ3n) is 5.08. The Morgan fingerprint density at radius 3 is 2.58 bits per heavy atom. The lowest BCUT2D eigenvalue weighted by Gasteiger charge is -2.24. The number of ketones is 1. The van der Waals surface area contributed by atoms with Crippen molar-refractivity contribution in [3.8, 4) is 0 Å². The number of aryl methyl sites for hydroxylation is 1. The fraction of sp³-hybridized carbons (Fsp3) is 0.429. The van der Waals surface area contributed by atoms with E-state index in [0.717, 1.165) is 35.3 Å². The van der Waals surface area contributed by atoms with Crippen molar-refractivity contribution in [2.75, 3.05) is 11.9 Å². The van der Waals surface area contributed by atoms with Crippen molar-refractivity contribution in [1.82, 2.24) is 10.3 Å². The number of H-pyrrole nitrogens is 1. The molecule has 2 aromatic rings. The van der Waals surface area contributed by atoms with Crippen molar-refractivity contribution in [3.05, 3.63) is 52.8 Å². The van der Waals surface area contributed by atoms with E-state index in [1.54, 1.807) is 0 Å². The van der Waals surface area contributed by atoms with E-state index >= 15 is 0 Å². The molecule has 5 nitrogen and oxygen atoms in total. The number of carbonyl (C=O) groups is 2. The Labute approximate surface area is 154 Å². The fourth-order valence-electron chi connectivity index (χ4n) is 3.49. The summed E-state index contributed by atoms with van der Waals surface area (Å²) in [5.74, 6) is 0.352. The number of Topliss-reactive ketones (excluding diaryl/α,β-unsaturated/α-hetero) is 1. The number of aromatic nitrogens is 1. The summed E-state index contributed by atoms with van der Waals surface area (Å²) in [6.45, 7) is 6.63. The molecule has 0 saturated heterocycles. The summed E-state index contributed by atoms with van der Waals surface area (Å²) in [5, 5.41) is 6.50. The Bertz CT molecular complexity index is 793. The predicted molar refractivity (Wildman–Crippen MR) is 104 cm³/mol. The number of fused-ring (bicyclic) bond motifs is 1. The molecule has 1 aliphatic carbocycles. The Morgan fingerprint density at radius 2 is 1.92 bits per heavy atom. The van der Waals surface area contributed by atoms with Gasteiger partial charge in [-0.15, -0.1) is 0 Å². The topological polar surface area (TPSA) is 74.0 Å². The standard InChI is InChI=1S/C21H27N3O2/c1-13(2)17(23-15-8-5-4-6-9-15)12-22-21(26)20-14(3)19-16(24-20)10-7-11-18(19)25/h4-6,8-9,13,17,23-24H,7,10-12H2,1-3H3,(H,22,26). The normalized spacial score (nSPS) is 14.8. The zero-order valence-electron chi connectivity index (χ0n) is 15.7. The number of nitrogens with one attached hydrogen (secondary N) is 3. The van der Waals surface area contributed by atoms with Crippen LogP contribution in [0.25, 0.3) is 0 Å². The molecule has 0 saturated carbocycles. The molecular weight excluding hydrogens is 326 g/mol. The quantitative estimate of drug-likeness (QED) is 0.741. The number of amides is 1. The molecule has 3 N–H and O–H groups in total. The third-order valence-corrected chi connectivity index (χ3v) is 5.08. The summed E-state index contributed by atoms with van der Waals surface area (Å²) < 4.78 is 0. The highest BCUT2D eigenvalue weighted by atomic mass is 16.2. The van der Waals surface area contributed by atoms with Crippen molar-refractivity contribution in [3.63, 3.8) is 0 Å². The second-order valence-electron chi connectivity index (χ2n) is 7.33. The van der Waals surface area contributed by atoms with Crippen LogP contribution < -0.4 is 10.6 Å².